The van der Waals surface area contributed by atoms with Crippen LogP contribution in [-0.4, -0.2) is 37.2 Å². The first-order valence-electron chi connectivity index (χ1n) is 20.4. The van der Waals surface area contributed by atoms with Gasteiger partial charge in [-0.05, 0) is 25.2 Å². The van der Waals surface area contributed by atoms with Crippen molar-refractivity contribution in [1.82, 2.24) is 0 Å². The molecular weight excluding hydrogens is 588 g/mol. The highest BCUT2D eigenvalue weighted by Gasteiger charge is 2.19. The molecule has 1 atom stereocenters. The molecule has 0 rings (SSSR count). The zero-order valence-electron chi connectivity index (χ0n) is 31.7. The zero-order chi connectivity index (χ0) is 34.6. The second-order valence-corrected chi connectivity index (χ2v) is 14.4. The molecule has 0 unspecified atom stereocenters. The molecule has 0 bridgehead atoms. The Labute approximate surface area is 291 Å². The van der Waals surface area contributed by atoms with Gasteiger partial charge in [-0.2, -0.15) is 0 Å². The molecular formula is C41H78O6. The lowest BCUT2D eigenvalue weighted by Gasteiger charge is -2.18. The summed E-state index contributed by atoms with van der Waals surface area (Å²) in [6.07, 6.45) is 32.6. The lowest BCUT2D eigenvalue weighted by Crippen LogP contribution is -2.30. The number of hydrogen-bond acceptors (Lipinski definition) is 6. The molecule has 0 radical (unpaired) electrons. The summed E-state index contributed by atoms with van der Waals surface area (Å²) < 4.78 is 16.5. The summed E-state index contributed by atoms with van der Waals surface area (Å²) in [6.45, 7) is 8.88. The van der Waals surface area contributed by atoms with Gasteiger partial charge in [-0.15, -0.1) is 0 Å². The van der Waals surface area contributed by atoms with Gasteiger partial charge in [0.05, 0.1) is 0 Å². The average Bonchev–Trinajstić information content (AvgIpc) is 3.05. The van der Waals surface area contributed by atoms with E-state index >= 15 is 0 Å². The third-order valence-electron chi connectivity index (χ3n) is 9.04. The highest BCUT2D eigenvalue weighted by atomic mass is 16.6. The fourth-order valence-electron chi connectivity index (χ4n) is 5.92. The monoisotopic (exact) mass is 667 g/mol. The highest BCUT2D eigenvalue weighted by Crippen LogP contribution is 2.15. The van der Waals surface area contributed by atoms with E-state index in [0.29, 0.717) is 19.3 Å². The summed E-state index contributed by atoms with van der Waals surface area (Å²) >= 11 is 0. The van der Waals surface area contributed by atoms with Crippen molar-refractivity contribution in [3.8, 4) is 0 Å². The summed E-state index contributed by atoms with van der Waals surface area (Å²) in [5.74, 6) is -0.0442. The molecule has 278 valence electrons. The van der Waals surface area contributed by atoms with Crippen molar-refractivity contribution in [3.05, 3.63) is 0 Å². The first-order chi connectivity index (χ1) is 22.9. The molecule has 6 heteroatoms. The lowest BCUT2D eigenvalue weighted by atomic mass is 10.0. The van der Waals surface area contributed by atoms with E-state index in [1.807, 2.05) is 0 Å². The molecule has 47 heavy (non-hydrogen) atoms. The Bertz CT molecular complexity index is 706. The van der Waals surface area contributed by atoms with Gasteiger partial charge in [0.15, 0.2) is 6.10 Å². The molecule has 0 aliphatic rings. The van der Waals surface area contributed by atoms with Crippen LogP contribution in [0.5, 0.6) is 0 Å². The fraction of sp³-hybridized carbons (Fsp3) is 0.927. The van der Waals surface area contributed by atoms with Crippen LogP contribution in [0, 0.1) is 5.92 Å². The summed E-state index contributed by atoms with van der Waals surface area (Å²) in [5.41, 5.74) is 0. The third-order valence-corrected chi connectivity index (χ3v) is 9.04. The number of hydrogen-bond donors (Lipinski definition) is 0. The van der Waals surface area contributed by atoms with Crippen molar-refractivity contribution < 1.29 is 28.6 Å². The fourth-order valence-corrected chi connectivity index (χ4v) is 5.92. The largest absolute Gasteiger partial charge is 0.462 e. The molecule has 0 aliphatic carbocycles. The molecule has 0 aromatic rings. The quantitative estimate of drug-likeness (QED) is 0.0376. The van der Waals surface area contributed by atoms with Gasteiger partial charge in [0.2, 0.25) is 0 Å². The van der Waals surface area contributed by atoms with Crippen molar-refractivity contribution in [2.45, 2.75) is 226 Å². The number of unbranched alkanes of at least 4 members (excludes halogenated alkanes) is 23. The first-order valence-corrected chi connectivity index (χ1v) is 20.4. The van der Waals surface area contributed by atoms with Crippen molar-refractivity contribution in [3.63, 3.8) is 0 Å². The number of carbonyl (C=O) groups is 3. The average molecular weight is 667 g/mol. The van der Waals surface area contributed by atoms with Crippen LogP contribution >= 0.6 is 0 Å². The Morgan fingerprint density at radius 2 is 0.702 bits per heavy atom. The molecule has 0 saturated carbocycles. The van der Waals surface area contributed by atoms with Gasteiger partial charge < -0.3 is 14.2 Å². The number of esters is 3. The predicted octanol–water partition coefficient (Wildman–Crippen LogP) is 12.4. The standard InChI is InChI=1S/C41H78O6/c1-5-7-9-11-12-17-21-25-28-32-39(42)45-35-38(47-41(44)34-30-23-10-8-6-2)36-46-40(43)33-29-26-22-19-16-14-13-15-18-20-24-27-31-37(3)4/h37-38H,5-36H2,1-4H3/t38-/m1/s1. The van der Waals surface area contributed by atoms with E-state index in [0.717, 1.165) is 70.1 Å². The van der Waals surface area contributed by atoms with E-state index in [1.54, 1.807) is 0 Å². The minimum Gasteiger partial charge on any atom is -0.462 e. The molecule has 0 heterocycles. The molecule has 6 nitrogen and oxygen atoms in total. The van der Waals surface area contributed by atoms with Crippen LogP contribution in [0.4, 0.5) is 0 Å². The van der Waals surface area contributed by atoms with Gasteiger partial charge >= 0.3 is 17.9 Å². The highest BCUT2D eigenvalue weighted by molar-refractivity contribution is 5.71. The first kappa shape index (κ1) is 45.4. The Hall–Kier alpha value is -1.59. The summed E-state index contributed by atoms with van der Waals surface area (Å²) in [7, 11) is 0. The van der Waals surface area contributed by atoms with Crippen LogP contribution in [0.2, 0.25) is 0 Å². The minimum absolute atomic E-state index is 0.0660. The van der Waals surface area contributed by atoms with Gasteiger partial charge in [0.1, 0.15) is 13.2 Å². The summed E-state index contributed by atoms with van der Waals surface area (Å²) in [5, 5.41) is 0. The van der Waals surface area contributed by atoms with E-state index in [-0.39, 0.29) is 31.1 Å². The molecule has 0 fully saturated rings. The Morgan fingerprint density at radius 1 is 0.404 bits per heavy atom. The van der Waals surface area contributed by atoms with Gasteiger partial charge in [0.25, 0.3) is 0 Å². The normalized spacial score (nSPS) is 11.9. The number of ether oxygens (including phenoxy) is 3. The van der Waals surface area contributed by atoms with E-state index in [2.05, 4.69) is 27.7 Å². The van der Waals surface area contributed by atoms with Crippen LogP contribution in [-0.2, 0) is 28.6 Å². The number of rotatable bonds is 36. The predicted molar refractivity (Wildman–Crippen MR) is 196 cm³/mol. The SMILES string of the molecule is CCCCCCCCCCCC(=O)OC[C@H](COC(=O)CCCCCCCCCCCCCCC(C)C)OC(=O)CCCCCCC. The van der Waals surface area contributed by atoms with Crippen molar-refractivity contribution in [2.24, 2.45) is 5.92 Å². The molecule has 0 amide bonds. The molecule has 0 aromatic heterocycles. The van der Waals surface area contributed by atoms with Crippen molar-refractivity contribution in [2.75, 3.05) is 13.2 Å². The zero-order valence-corrected chi connectivity index (χ0v) is 31.7. The molecule has 0 saturated heterocycles. The topological polar surface area (TPSA) is 78.9 Å². The third kappa shape index (κ3) is 35.5. The molecule has 0 spiro atoms. The van der Waals surface area contributed by atoms with Crippen molar-refractivity contribution >= 4 is 17.9 Å². The second kappa shape index (κ2) is 35.7. The molecule has 0 N–H and O–H groups in total. The van der Waals surface area contributed by atoms with Crippen LogP contribution in [0.3, 0.4) is 0 Å². The number of carbonyl (C=O) groups excluding carboxylic acids is 3. The Kier molecular flexibility index (Phi) is 34.5. The Balaban J connectivity index is 4.16. The minimum atomic E-state index is -0.755. The van der Waals surface area contributed by atoms with Gasteiger partial charge in [-0.3, -0.25) is 14.4 Å². The van der Waals surface area contributed by atoms with Gasteiger partial charge in [0, 0.05) is 19.3 Å². The van der Waals surface area contributed by atoms with Gasteiger partial charge in [-0.1, -0.05) is 182 Å². The van der Waals surface area contributed by atoms with Crippen molar-refractivity contribution in [1.29, 1.82) is 0 Å². The van der Waals surface area contributed by atoms with Crippen LogP contribution in [0.15, 0.2) is 0 Å². The molecule has 0 aromatic carbocycles. The van der Waals surface area contributed by atoms with E-state index in [4.69, 9.17) is 14.2 Å². The van der Waals surface area contributed by atoms with Crippen LogP contribution in [0.25, 0.3) is 0 Å². The van der Waals surface area contributed by atoms with E-state index in [9.17, 15) is 14.4 Å². The lowest BCUT2D eigenvalue weighted by molar-refractivity contribution is -0.167. The maximum atomic E-state index is 12.5. The van der Waals surface area contributed by atoms with Gasteiger partial charge in [-0.25, -0.2) is 0 Å². The summed E-state index contributed by atoms with van der Waals surface area (Å²) in [6, 6.07) is 0. The van der Waals surface area contributed by atoms with E-state index < -0.39 is 6.10 Å². The van der Waals surface area contributed by atoms with Crippen LogP contribution in [0.1, 0.15) is 220 Å². The van der Waals surface area contributed by atoms with E-state index in [1.165, 1.54) is 109 Å². The maximum absolute atomic E-state index is 12.5. The molecule has 0 aliphatic heterocycles. The maximum Gasteiger partial charge on any atom is 0.306 e. The summed E-state index contributed by atoms with van der Waals surface area (Å²) in [4.78, 5) is 37.2. The van der Waals surface area contributed by atoms with Crippen LogP contribution < -0.4 is 0 Å². The Morgan fingerprint density at radius 3 is 1.04 bits per heavy atom. The smallest absolute Gasteiger partial charge is 0.306 e. The second-order valence-electron chi connectivity index (χ2n) is 14.4.